The average Bonchev–Trinajstić information content (AvgIpc) is 2.39. The van der Waals surface area contributed by atoms with E-state index in [2.05, 4.69) is 53.7 Å². The molecule has 98 valence electrons. The molecule has 0 spiro atoms. The van der Waals surface area contributed by atoms with Crippen LogP contribution in [0.5, 0.6) is 0 Å². The van der Waals surface area contributed by atoms with Crippen LogP contribution in [0.15, 0.2) is 18.2 Å². The maximum absolute atomic E-state index is 2.50. The van der Waals surface area contributed by atoms with E-state index in [0.29, 0.717) is 10.8 Å². The van der Waals surface area contributed by atoms with Crippen molar-refractivity contribution in [1.82, 2.24) is 0 Å². The van der Waals surface area contributed by atoms with Crippen LogP contribution in [0.1, 0.15) is 70.1 Å². The molecule has 0 aliphatic heterocycles. The number of rotatable bonds is 3. The minimum Gasteiger partial charge on any atom is -0.0645 e. The topological polar surface area (TPSA) is 0 Å². The number of hydrogen-bond donors (Lipinski definition) is 0. The minimum atomic E-state index is 0.357. The Balaban J connectivity index is 2.62. The first kappa shape index (κ1) is 13.7. The van der Waals surface area contributed by atoms with E-state index in [9.17, 15) is 0 Å². The first-order chi connectivity index (χ1) is 8.49. The molecule has 0 bridgehead atoms. The van der Waals surface area contributed by atoms with Crippen LogP contribution in [0.2, 0.25) is 0 Å². The quantitative estimate of drug-likeness (QED) is 0.704. The van der Waals surface area contributed by atoms with Gasteiger partial charge in [-0.25, -0.2) is 0 Å². The van der Waals surface area contributed by atoms with E-state index in [4.69, 9.17) is 0 Å². The summed E-state index contributed by atoms with van der Waals surface area (Å²) in [6.07, 6.45) is 6.39. The maximum Gasteiger partial charge on any atom is 0.107 e. The molecule has 0 nitrogen and oxygen atoms in total. The highest BCUT2D eigenvalue weighted by atomic mass is 14.4. The van der Waals surface area contributed by atoms with Crippen molar-refractivity contribution >= 4 is 7.85 Å². The zero-order valence-corrected chi connectivity index (χ0v) is 12.8. The van der Waals surface area contributed by atoms with Crippen LogP contribution >= 0.6 is 0 Å². The van der Waals surface area contributed by atoms with Gasteiger partial charge < -0.3 is 0 Å². The maximum atomic E-state index is 2.50. The Kier molecular flexibility index (Phi) is 3.62. The summed E-state index contributed by atoms with van der Waals surface area (Å²) < 4.78 is 0. The predicted molar refractivity (Wildman–Crippen MR) is 83.2 cm³/mol. The summed E-state index contributed by atoms with van der Waals surface area (Å²) >= 11 is 0. The molecule has 0 radical (unpaired) electrons. The van der Waals surface area contributed by atoms with Gasteiger partial charge in [-0.15, -0.1) is 0 Å². The van der Waals surface area contributed by atoms with Crippen LogP contribution in [0, 0.1) is 0 Å². The Morgan fingerprint density at radius 3 is 2.28 bits per heavy atom. The van der Waals surface area contributed by atoms with Gasteiger partial charge in [0.25, 0.3) is 0 Å². The van der Waals surface area contributed by atoms with Crippen LogP contribution in [0.4, 0.5) is 0 Å². The van der Waals surface area contributed by atoms with Crippen molar-refractivity contribution < 1.29 is 0 Å². The normalized spacial score (nSPS) is 20.4. The van der Waals surface area contributed by atoms with Gasteiger partial charge in [0.1, 0.15) is 7.85 Å². The van der Waals surface area contributed by atoms with Crippen LogP contribution < -0.4 is 0 Å². The van der Waals surface area contributed by atoms with Crippen molar-refractivity contribution in [2.75, 3.05) is 0 Å². The van der Waals surface area contributed by atoms with Crippen molar-refractivity contribution in [2.24, 2.45) is 0 Å². The molecule has 0 fully saturated rings. The standard InChI is InChI=1S/C17H27B/c1-5-17(6-2)10-9-16(3,4)14-8-7-13(12-18)11-15(14)17/h7-8,11H,5-6,9-10,12,18H2,1-4H3. The molecule has 0 amide bonds. The fourth-order valence-corrected chi connectivity index (χ4v) is 3.65. The first-order valence-electron chi connectivity index (χ1n) is 7.63. The van der Waals surface area contributed by atoms with Crippen molar-refractivity contribution in [3.05, 3.63) is 34.9 Å². The first-order valence-corrected chi connectivity index (χ1v) is 7.63. The second-order valence-corrected chi connectivity index (χ2v) is 6.60. The molecule has 0 aromatic heterocycles. The lowest BCUT2D eigenvalue weighted by Gasteiger charge is -2.45. The molecule has 0 atom stereocenters. The molecule has 1 aliphatic carbocycles. The highest BCUT2D eigenvalue weighted by Gasteiger charge is 2.40. The van der Waals surface area contributed by atoms with Gasteiger partial charge in [0, 0.05) is 0 Å². The van der Waals surface area contributed by atoms with Crippen molar-refractivity contribution in [1.29, 1.82) is 0 Å². The second-order valence-electron chi connectivity index (χ2n) is 6.60. The Labute approximate surface area is 114 Å². The molecule has 1 aromatic rings. The Morgan fingerprint density at radius 1 is 1.06 bits per heavy atom. The van der Waals surface area contributed by atoms with Gasteiger partial charge in [0.15, 0.2) is 0 Å². The molecule has 1 aliphatic rings. The molecule has 18 heavy (non-hydrogen) atoms. The van der Waals surface area contributed by atoms with Crippen molar-refractivity contribution in [3.63, 3.8) is 0 Å². The van der Waals surface area contributed by atoms with E-state index in [0.717, 1.165) is 6.32 Å². The zero-order chi connectivity index (χ0) is 13.4. The average molecular weight is 242 g/mol. The van der Waals surface area contributed by atoms with Gasteiger partial charge >= 0.3 is 0 Å². The van der Waals surface area contributed by atoms with Gasteiger partial charge in [-0.1, -0.05) is 57.8 Å². The van der Waals surface area contributed by atoms with E-state index in [1.54, 1.807) is 11.1 Å². The molecule has 1 heteroatoms. The SMILES string of the molecule is BCc1ccc2c(c1)C(CC)(CC)CCC2(C)C. The van der Waals surface area contributed by atoms with E-state index in [1.165, 1.54) is 31.2 Å². The van der Waals surface area contributed by atoms with Crippen LogP contribution in [0.25, 0.3) is 0 Å². The summed E-state index contributed by atoms with van der Waals surface area (Å²) in [5.74, 6) is 0. The molecular weight excluding hydrogens is 215 g/mol. The third-order valence-corrected chi connectivity index (χ3v) is 5.37. The molecule has 0 N–H and O–H groups in total. The molecule has 2 rings (SSSR count). The summed E-state index contributed by atoms with van der Waals surface area (Å²) in [6.45, 7) is 9.55. The number of benzene rings is 1. The van der Waals surface area contributed by atoms with Gasteiger partial charge in [-0.05, 0) is 47.6 Å². The zero-order valence-electron chi connectivity index (χ0n) is 12.8. The van der Waals surface area contributed by atoms with E-state index < -0.39 is 0 Å². The van der Waals surface area contributed by atoms with E-state index >= 15 is 0 Å². The second kappa shape index (κ2) is 4.76. The number of hydrogen-bond acceptors (Lipinski definition) is 0. The van der Waals surface area contributed by atoms with Crippen molar-refractivity contribution in [2.45, 2.75) is 70.5 Å². The fourth-order valence-electron chi connectivity index (χ4n) is 3.65. The highest BCUT2D eigenvalue weighted by molar-refractivity contribution is 6.08. The lowest BCUT2D eigenvalue weighted by Crippen LogP contribution is -2.37. The van der Waals surface area contributed by atoms with Gasteiger partial charge in [0.2, 0.25) is 0 Å². The summed E-state index contributed by atoms with van der Waals surface area (Å²) in [5, 5.41) is 0. The largest absolute Gasteiger partial charge is 0.107 e. The van der Waals surface area contributed by atoms with Crippen molar-refractivity contribution in [3.8, 4) is 0 Å². The fraction of sp³-hybridized carbons (Fsp3) is 0.647. The summed E-state index contributed by atoms with van der Waals surface area (Å²) in [6, 6.07) is 7.25. The smallest absolute Gasteiger partial charge is 0.0645 e. The Bertz CT molecular complexity index is 427. The highest BCUT2D eigenvalue weighted by Crippen LogP contribution is 2.49. The number of fused-ring (bicyclic) bond motifs is 1. The van der Waals surface area contributed by atoms with E-state index in [-0.39, 0.29) is 0 Å². The van der Waals surface area contributed by atoms with Crippen LogP contribution in [-0.4, -0.2) is 7.85 Å². The van der Waals surface area contributed by atoms with Gasteiger partial charge in [-0.3, -0.25) is 0 Å². The Morgan fingerprint density at radius 2 is 1.72 bits per heavy atom. The lowest BCUT2D eigenvalue weighted by atomic mass is 9.59. The lowest BCUT2D eigenvalue weighted by molar-refractivity contribution is 0.276. The summed E-state index contributed by atoms with van der Waals surface area (Å²) in [4.78, 5) is 0. The third-order valence-electron chi connectivity index (χ3n) is 5.37. The molecule has 0 saturated carbocycles. The molecule has 0 unspecified atom stereocenters. The summed E-state index contributed by atoms with van der Waals surface area (Å²) in [5.41, 5.74) is 5.56. The summed E-state index contributed by atoms with van der Waals surface area (Å²) in [7, 11) is 2.26. The van der Waals surface area contributed by atoms with Gasteiger partial charge in [-0.2, -0.15) is 0 Å². The van der Waals surface area contributed by atoms with E-state index in [1.807, 2.05) is 0 Å². The van der Waals surface area contributed by atoms with Crippen LogP contribution in [0.3, 0.4) is 0 Å². The predicted octanol–water partition coefficient (Wildman–Crippen LogP) is 3.95. The third kappa shape index (κ3) is 2.02. The minimum absolute atomic E-state index is 0.357. The van der Waals surface area contributed by atoms with Crippen LogP contribution in [-0.2, 0) is 17.2 Å². The monoisotopic (exact) mass is 242 g/mol. The molecular formula is C17H27B. The molecule has 0 saturated heterocycles. The Hall–Kier alpha value is -0.715. The molecule has 0 heterocycles. The molecule has 1 aromatic carbocycles. The van der Waals surface area contributed by atoms with Gasteiger partial charge in [0.05, 0.1) is 0 Å².